The molecular formula is C14H14O2. The van der Waals surface area contributed by atoms with Crippen molar-refractivity contribution in [3.8, 4) is 16.9 Å². The molecule has 82 valence electrons. The second kappa shape index (κ2) is 4.81. The maximum Gasteiger partial charge on any atom is 0.126 e. The molecule has 1 N–H and O–H groups in total. The van der Waals surface area contributed by atoms with Crippen LogP contribution in [0.15, 0.2) is 48.5 Å². The summed E-state index contributed by atoms with van der Waals surface area (Å²) < 4.78 is 5.31. The molecule has 0 atom stereocenters. The number of hydrogen-bond acceptors (Lipinski definition) is 2. The third kappa shape index (κ3) is 2.07. The number of aliphatic hydroxyl groups is 1. The van der Waals surface area contributed by atoms with Gasteiger partial charge in [-0.2, -0.15) is 0 Å². The van der Waals surface area contributed by atoms with Crippen LogP contribution in [0.3, 0.4) is 0 Å². The summed E-state index contributed by atoms with van der Waals surface area (Å²) in [6.45, 7) is 0.0756. The van der Waals surface area contributed by atoms with Crippen LogP contribution in [-0.2, 0) is 6.61 Å². The first-order valence-corrected chi connectivity index (χ1v) is 5.18. The van der Waals surface area contributed by atoms with Crippen molar-refractivity contribution in [3.05, 3.63) is 54.1 Å². The lowest BCUT2D eigenvalue weighted by molar-refractivity contribution is 0.282. The zero-order valence-electron chi connectivity index (χ0n) is 9.18. The van der Waals surface area contributed by atoms with Gasteiger partial charge in [0, 0.05) is 5.56 Å². The molecule has 0 spiro atoms. The highest BCUT2D eigenvalue weighted by Crippen LogP contribution is 2.29. The Bertz CT molecular complexity index is 460. The molecule has 2 aromatic carbocycles. The molecule has 0 saturated carbocycles. The maximum atomic E-state index is 8.98. The number of benzene rings is 2. The van der Waals surface area contributed by atoms with Crippen LogP contribution >= 0.6 is 0 Å². The highest BCUT2D eigenvalue weighted by molar-refractivity contribution is 5.70. The molecule has 16 heavy (non-hydrogen) atoms. The second-order valence-electron chi connectivity index (χ2n) is 3.56. The quantitative estimate of drug-likeness (QED) is 0.851. The SMILES string of the molecule is COc1ccccc1-c1ccc(CO)cc1. The van der Waals surface area contributed by atoms with Crippen molar-refractivity contribution in [3.63, 3.8) is 0 Å². The Hall–Kier alpha value is -1.80. The molecule has 0 fully saturated rings. The van der Waals surface area contributed by atoms with Crippen molar-refractivity contribution >= 4 is 0 Å². The largest absolute Gasteiger partial charge is 0.496 e. The normalized spacial score (nSPS) is 10.1. The molecule has 0 unspecified atom stereocenters. The van der Waals surface area contributed by atoms with E-state index in [1.165, 1.54) is 0 Å². The lowest BCUT2D eigenvalue weighted by atomic mass is 10.0. The highest BCUT2D eigenvalue weighted by atomic mass is 16.5. The van der Waals surface area contributed by atoms with Crippen molar-refractivity contribution in [1.82, 2.24) is 0 Å². The van der Waals surface area contributed by atoms with Gasteiger partial charge >= 0.3 is 0 Å². The van der Waals surface area contributed by atoms with Crippen molar-refractivity contribution in [2.24, 2.45) is 0 Å². The van der Waals surface area contributed by atoms with Gasteiger partial charge in [0.05, 0.1) is 13.7 Å². The predicted octanol–water partition coefficient (Wildman–Crippen LogP) is 2.85. The van der Waals surface area contributed by atoms with Crippen LogP contribution in [0.4, 0.5) is 0 Å². The molecule has 0 heterocycles. The van der Waals surface area contributed by atoms with Crippen molar-refractivity contribution < 1.29 is 9.84 Å². The standard InChI is InChI=1S/C14H14O2/c1-16-14-5-3-2-4-13(14)12-8-6-11(10-15)7-9-12/h2-9,15H,10H2,1H3. The Morgan fingerprint density at radius 1 is 1.00 bits per heavy atom. The molecule has 0 aliphatic heterocycles. The molecule has 0 aromatic heterocycles. The maximum absolute atomic E-state index is 8.98. The van der Waals surface area contributed by atoms with Gasteiger partial charge in [-0.15, -0.1) is 0 Å². The molecule has 0 saturated heterocycles. The molecule has 0 radical (unpaired) electrons. The van der Waals surface area contributed by atoms with Gasteiger partial charge in [0.2, 0.25) is 0 Å². The first-order chi connectivity index (χ1) is 7.85. The Kier molecular flexibility index (Phi) is 3.22. The summed E-state index contributed by atoms with van der Waals surface area (Å²) in [6.07, 6.45) is 0. The van der Waals surface area contributed by atoms with Crippen LogP contribution in [0.5, 0.6) is 5.75 Å². The van der Waals surface area contributed by atoms with Gasteiger partial charge in [0.1, 0.15) is 5.75 Å². The molecule has 2 rings (SSSR count). The van der Waals surface area contributed by atoms with E-state index < -0.39 is 0 Å². The Labute approximate surface area is 95.1 Å². The zero-order chi connectivity index (χ0) is 11.4. The average Bonchev–Trinajstić information content (AvgIpc) is 2.39. The van der Waals surface area contributed by atoms with E-state index in [0.717, 1.165) is 22.4 Å². The number of rotatable bonds is 3. The highest BCUT2D eigenvalue weighted by Gasteiger charge is 2.03. The van der Waals surface area contributed by atoms with Gasteiger partial charge in [-0.1, -0.05) is 42.5 Å². The van der Waals surface area contributed by atoms with Gasteiger partial charge < -0.3 is 9.84 Å². The van der Waals surface area contributed by atoms with Gasteiger partial charge in [-0.25, -0.2) is 0 Å². The second-order valence-corrected chi connectivity index (χ2v) is 3.56. The van der Waals surface area contributed by atoms with Crippen LogP contribution < -0.4 is 4.74 Å². The Balaban J connectivity index is 2.42. The summed E-state index contributed by atoms with van der Waals surface area (Å²) in [5.74, 6) is 0.860. The lowest BCUT2D eigenvalue weighted by Crippen LogP contribution is -1.88. The molecule has 0 aliphatic carbocycles. The minimum atomic E-state index is 0.0756. The van der Waals surface area contributed by atoms with Crippen molar-refractivity contribution in [2.75, 3.05) is 7.11 Å². The van der Waals surface area contributed by atoms with Crippen LogP contribution in [-0.4, -0.2) is 12.2 Å². The van der Waals surface area contributed by atoms with Gasteiger partial charge in [0.25, 0.3) is 0 Å². The van der Waals surface area contributed by atoms with E-state index in [1.54, 1.807) is 7.11 Å². The smallest absolute Gasteiger partial charge is 0.126 e. The number of para-hydroxylation sites is 1. The Morgan fingerprint density at radius 3 is 2.31 bits per heavy atom. The van der Waals surface area contributed by atoms with E-state index >= 15 is 0 Å². The summed E-state index contributed by atoms with van der Waals surface area (Å²) in [7, 11) is 1.67. The number of ether oxygens (including phenoxy) is 1. The Morgan fingerprint density at radius 2 is 1.69 bits per heavy atom. The molecule has 0 amide bonds. The summed E-state index contributed by atoms with van der Waals surface area (Å²) in [5.41, 5.74) is 3.07. The van der Waals surface area contributed by atoms with Crippen molar-refractivity contribution in [2.45, 2.75) is 6.61 Å². The summed E-state index contributed by atoms with van der Waals surface area (Å²) in [6, 6.07) is 15.7. The van der Waals surface area contributed by atoms with E-state index in [9.17, 15) is 0 Å². The van der Waals surface area contributed by atoms with Crippen LogP contribution in [0, 0.1) is 0 Å². The van der Waals surface area contributed by atoms with Gasteiger partial charge in [-0.05, 0) is 17.2 Å². The summed E-state index contributed by atoms with van der Waals surface area (Å²) in [4.78, 5) is 0. The van der Waals surface area contributed by atoms with E-state index in [1.807, 2.05) is 48.5 Å². The number of aliphatic hydroxyl groups excluding tert-OH is 1. The third-order valence-electron chi connectivity index (χ3n) is 2.55. The first kappa shape index (κ1) is 10.7. The molecule has 2 aromatic rings. The van der Waals surface area contributed by atoms with Crippen molar-refractivity contribution in [1.29, 1.82) is 0 Å². The van der Waals surface area contributed by atoms with Crippen LogP contribution in [0.25, 0.3) is 11.1 Å². The van der Waals surface area contributed by atoms with Gasteiger partial charge in [0.15, 0.2) is 0 Å². The topological polar surface area (TPSA) is 29.5 Å². The molecule has 0 aliphatic rings. The first-order valence-electron chi connectivity index (χ1n) is 5.18. The minimum absolute atomic E-state index is 0.0756. The zero-order valence-corrected chi connectivity index (χ0v) is 9.18. The van der Waals surface area contributed by atoms with E-state index in [2.05, 4.69) is 0 Å². The third-order valence-corrected chi connectivity index (χ3v) is 2.55. The van der Waals surface area contributed by atoms with Crippen LogP contribution in [0.2, 0.25) is 0 Å². The lowest BCUT2D eigenvalue weighted by Gasteiger charge is -2.08. The fourth-order valence-corrected chi connectivity index (χ4v) is 1.67. The van der Waals surface area contributed by atoms with E-state index in [-0.39, 0.29) is 6.61 Å². The molecule has 0 bridgehead atoms. The molecule has 2 nitrogen and oxygen atoms in total. The minimum Gasteiger partial charge on any atom is -0.496 e. The average molecular weight is 214 g/mol. The number of methoxy groups -OCH3 is 1. The van der Waals surface area contributed by atoms with E-state index in [0.29, 0.717) is 0 Å². The van der Waals surface area contributed by atoms with Gasteiger partial charge in [-0.3, -0.25) is 0 Å². The molecule has 2 heteroatoms. The summed E-state index contributed by atoms with van der Waals surface area (Å²) >= 11 is 0. The van der Waals surface area contributed by atoms with E-state index in [4.69, 9.17) is 9.84 Å². The summed E-state index contributed by atoms with van der Waals surface area (Å²) in [5, 5.41) is 8.98. The van der Waals surface area contributed by atoms with Crippen LogP contribution in [0.1, 0.15) is 5.56 Å². The monoisotopic (exact) mass is 214 g/mol. The fourth-order valence-electron chi connectivity index (χ4n) is 1.67. The molecular weight excluding hydrogens is 200 g/mol. The fraction of sp³-hybridized carbons (Fsp3) is 0.143. The number of hydrogen-bond donors (Lipinski definition) is 1. The predicted molar refractivity (Wildman–Crippen MR) is 64.4 cm³/mol.